The number of nitrogens with one attached hydrogen (secondary N) is 1. The quantitative estimate of drug-likeness (QED) is 0.742. The molecule has 1 aliphatic heterocycles. The van der Waals surface area contributed by atoms with E-state index in [0.717, 1.165) is 4.88 Å². The Bertz CT molecular complexity index is 841. The van der Waals surface area contributed by atoms with E-state index in [1.807, 2.05) is 17.5 Å². The SMILES string of the molecule is O=C1NC(=Nc2ccc(O)c(C(=O)O)c2)SC1=Cc1cccs1. The minimum Gasteiger partial charge on any atom is -0.507 e. The number of thiophene rings is 1. The third-order valence-electron chi connectivity index (χ3n) is 2.91. The molecule has 1 saturated heterocycles. The summed E-state index contributed by atoms with van der Waals surface area (Å²) in [6.07, 6.45) is 1.77. The summed E-state index contributed by atoms with van der Waals surface area (Å²) >= 11 is 2.70. The molecule has 0 bridgehead atoms. The van der Waals surface area contributed by atoms with Crippen LogP contribution in [0.15, 0.2) is 45.6 Å². The molecule has 0 radical (unpaired) electrons. The third-order valence-corrected chi connectivity index (χ3v) is 4.64. The van der Waals surface area contributed by atoms with Gasteiger partial charge in [0.25, 0.3) is 5.91 Å². The number of amides is 1. The molecule has 0 atom stereocenters. The second-order valence-electron chi connectivity index (χ2n) is 4.50. The number of carboxylic acid groups (broad SMARTS) is 1. The Balaban J connectivity index is 1.86. The van der Waals surface area contributed by atoms with Gasteiger partial charge >= 0.3 is 5.97 Å². The number of amidine groups is 1. The highest BCUT2D eigenvalue weighted by molar-refractivity contribution is 8.18. The zero-order valence-electron chi connectivity index (χ0n) is 11.5. The van der Waals surface area contributed by atoms with Crippen LogP contribution in [0.2, 0.25) is 0 Å². The smallest absolute Gasteiger partial charge is 0.339 e. The highest BCUT2D eigenvalue weighted by atomic mass is 32.2. The van der Waals surface area contributed by atoms with E-state index in [4.69, 9.17) is 5.11 Å². The van der Waals surface area contributed by atoms with Crippen LogP contribution in [0.1, 0.15) is 15.2 Å². The number of carboxylic acids is 1. The van der Waals surface area contributed by atoms with Crippen molar-refractivity contribution in [2.45, 2.75) is 0 Å². The van der Waals surface area contributed by atoms with Gasteiger partial charge in [-0.15, -0.1) is 11.3 Å². The van der Waals surface area contributed by atoms with Gasteiger partial charge in [-0.2, -0.15) is 0 Å². The van der Waals surface area contributed by atoms with Gasteiger partial charge in [0.15, 0.2) is 5.17 Å². The van der Waals surface area contributed by atoms with E-state index >= 15 is 0 Å². The monoisotopic (exact) mass is 346 g/mol. The van der Waals surface area contributed by atoms with Crippen molar-refractivity contribution >= 4 is 51.9 Å². The van der Waals surface area contributed by atoms with Gasteiger partial charge in [-0.25, -0.2) is 9.79 Å². The number of aromatic hydroxyl groups is 1. The van der Waals surface area contributed by atoms with Crippen molar-refractivity contribution in [2.75, 3.05) is 0 Å². The van der Waals surface area contributed by atoms with Gasteiger partial charge in [-0.05, 0) is 47.5 Å². The Morgan fingerprint density at radius 3 is 2.83 bits per heavy atom. The number of phenols is 1. The predicted molar refractivity (Wildman–Crippen MR) is 90.2 cm³/mol. The minimum absolute atomic E-state index is 0.240. The molecule has 0 spiro atoms. The van der Waals surface area contributed by atoms with Crippen LogP contribution in [0.25, 0.3) is 6.08 Å². The van der Waals surface area contributed by atoms with Crippen LogP contribution in [0.4, 0.5) is 5.69 Å². The zero-order valence-corrected chi connectivity index (χ0v) is 13.1. The van der Waals surface area contributed by atoms with Crippen molar-refractivity contribution in [1.29, 1.82) is 0 Å². The predicted octanol–water partition coefficient (Wildman–Crippen LogP) is 3.04. The van der Waals surface area contributed by atoms with Crippen molar-refractivity contribution in [3.8, 4) is 5.75 Å². The fourth-order valence-corrected chi connectivity index (χ4v) is 3.43. The molecular weight excluding hydrogens is 336 g/mol. The molecule has 1 fully saturated rings. The molecule has 3 rings (SSSR count). The van der Waals surface area contributed by atoms with Gasteiger partial charge < -0.3 is 15.5 Å². The molecule has 2 aromatic rings. The number of hydrogen-bond acceptors (Lipinski definition) is 6. The first kappa shape index (κ1) is 15.3. The maximum absolute atomic E-state index is 11.9. The van der Waals surface area contributed by atoms with Crippen molar-refractivity contribution in [3.05, 3.63) is 51.1 Å². The first-order chi connectivity index (χ1) is 11.0. The summed E-state index contributed by atoms with van der Waals surface area (Å²) in [4.78, 5) is 28.6. The lowest BCUT2D eigenvalue weighted by Gasteiger charge is -2.01. The van der Waals surface area contributed by atoms with Crippen molar-refractivity contribution < 1.29 is 19.8 Å². The number of carbonyl (C=O) groups is 2. The zero-order chi connectivity index (χ0) is 16.4. The van der Waals surface area contributed by atoms with Crippen molar-refractivity contribution in [2.24, 2.45) is 4.99 Å². The summed E-state index contributed by atoms with van der Waals surface area (Å²) in [7, 11) is 0. The van der Waals surface area contributed by atoms with E-state index in [0.29, 0.717) is 15.8 Å². The molecular formula is C15H10N2O4S2. The maximum Gasteiger partial charge on any atom is 0.339 e. The van der Waals surface area contributed by atoms with Crippen LogP contribution >= 0.6 is 23.1 Å². The number of thioether (sulfide) groups is 1. The second kappa shape index (κ2) is 6.27. The summed E-state index contributed by atoms with van der Waals surface area (Å²) in [5.74, 6) is -1.83. The van der Waals surface area contributed by atoms with Crippen LogP contribution in [0.3, 0.4) is 0 Å². The average Bonchev–Trinajstić information content (AvgIpc) is 3.12. The van der Waals surface area contributed by atoms with Gasteiger partial charge in [0, 0.05) is 4.88 Å². The molecule has 6 nitrogen and oxygen atoms in total. The molecule has 0 aliphatic carbocycles. The molecule has 3 N–H and O–H groups in total. The molecule has 1 aromatic heterocycles. The largest absolute Gasteiger partial charge is 0.507 e. The van der Waals surface area contributed by atoms with E-state index in [1.165, 1.54) is 41.3 Å². The molecule has 116 valence electrons. The molecule has 1 amide bonds. The number of carbonyl (C=O) groups excluding carboxylic acids is 1. The van der Waals surface area contributed by atoms with E-state index in [2.05, 4.69) is 10.3 Å². The van der Waals surface area contributed by atoms with Crippen LogP contribution in [-0.2, 0) is 4.79 Å². The molecule has 1 aromatic carbocycles. The number of benzene rings is 1. The van der Waals surface area contributed by atoms with Gasteiger partial charge in [-0.1, -0.05) is 6.07 Å². The normalized spacial score (nSPS) is 17.7. The molecule has 1 aliphatic rings. The fraction of sp³-hybridized carbons (Fsp3) is 0. The van der Waals surface area contributed by atoms with E-state index in [9.17, 15) is 14.7 Å². The van der Waals surface area contributed by atoms with E-state index < -0.39 is 5.97 Å². The summed E-state index contributed by atoms with van der Waals surface area (Å²) in [6, 6.07) is 7.78. The lowest BCUT2D eigenvalue weighted by molar-refractivity contribution is -0.115. The van der Waals surface area contributed by atoms with Gasteiger partial charge in [-0.3, -0.25) is 4.79 Å². The molecule has 0 unspecified atom stereocenters. The van der Waals surface area contributed by atoms with Crippen LogP contribution in [0.5, 0.6) is 5.75 Å². The van der Waals surface area contributed by atoms with Gasteiger partial charge in [0.2, 0.25) is 0 Å². The standard InChI is InChI=1S/C15H10N2O4S2/c18-11-4-3-8(6-10(11)14(20)21)16-15-17-13(19)12(23-15)7-9-2-1-5-22-9/h1-7,18H,(H,20,21)(H,16,17,19). The lowest BCUT2D eigenvalue weighted by atomic mass is 10.2. The summed E-state index contributed by atoms with van der Waals surface area (Å²) in [5, 5.41) is 23.4. The highest BCUT2D eigenvalue weighted by Crippen LogP contribution is 2.30. The number of nitrogens with zero attached hydrogens (tertiary/aromatic N) is 1. The maximum atomic E-state index is 11.9. The first-order valence-electron chi connectivity index (χ1n) is 6.42. The Labute approximate surface area is 139 Å². The topological polar surface area (TPSA) is 99.0 Å². The Morgan fingerprint density at radius 2 is 2.13 bits per heavy atom. The number of aromatic carboxylic acids is 1. The summed E-state index contributed by atoms with van der Waals surface area (Å²) < 4.78 is 0. The highest BCUT2D eigenvalue weighted by Gasteiger charge is 2.24. The molecule has 0 saturated carbocycles. The van der Waals surface area contributed by atoms with Crippen LogP contribution < -0.4 is 5.32 Å². The number of aliphatic imine (C=N–C) groups is 1. The minimum atomic E-state index is -1.24. The first-order valence-corrected chi connectivity index (χ1v) is 8.12. The van der Waals surface area contributed by atoms with E-state index in [1.54, 1.807) is 6.08 Å². The Kier molecular flexibility index (Phi) is 4.18. The number of rotatable bonds is 3. The Morgan fingerprint density at radius 1 is 1.30 bits per heavy atom. The molecule has 2 heterocycles. The van der Waals surface area contributed by atoms with E-state index in [-0.39, 0.29) is 17.2 Å². The van der Waals surface area contributed by atoms with Gasteiger partial charge in [0.05, 0.1) is 10.6 Å². The average molecular weight is 346 g/mol. The van der Waals surface area contributed by atoms with Crippen LogP contribution in [0, 0.1) is 0 Å². The summed E-state index contributed by atoms with van der Waals surface area (Å²) in [6.45, 7) is 0. The summed E-state index contributed by atoms with van der Waals surface area (Å²) in [5.41, 5.74) is 0.0934. The third kappa shape index (κ3) is 3.43. The van der Waals surface area contributed by atoms with Gasteiger partial charge in [0.1, 0.15) is 11.3 Å². The second-order valence-corrected chi connectivity index (χ2v) is 6.51. The fourth-order valence-electron chi connectivity index (χ4n) is 1.87. The van der Waals surface area contributed by atoms with Crippen LogP contribution in [-0.4, -0.2) is 27.3 Å². The molecule has 8 heteroatoms. The molecule has 23 heavy (non-hydrogen) atoms. The lowest BCUT2D eigenvalue weighted by Crippen LogP contribution is -2.19. The van der Waals surface area contributed by atoms with Crippen molar-refractivity contribution in [1.82, 2.24) is 5.32 Å². The Hall–Kier alpha value is -2.58. The number of hydrogen-bond donors (Lipinski definition) is 3. The van der Waals surface area contributed by atoms with Crippen molar-refractivity contribution in [3.63, 3.8) is 0 Å².